The van der Waals surface area contributed by atoms with Crippen LogP contribution < -0.4 is 9.99 Å². The van der Waals surface area contributed by atoms with Crippen molar-refractivity contribution in [3.8, 4) is 5.75 Å². The minimum Gasteiger partial charge on any atom is -0.691 e. The zero-order chi connectivity index (χ0) is 79.1. The van der Waals surface area contributed by atoms with Crippen molar-refractivity contribution < 1.29 is 90.4 Å². The Labute approximate surface area is 659 Å². The van der Waals surface area contributed by atoms with E-state index in [0.29, 0.717) is 78.6 Å². The molecular weight excluding hydrogens is 1440 g/mol. The molecule has 3 atom stereocenters. The van der Waals surface area contributed by atoms with E-state index in [0.717, 1.165) is 124 Å². The average molecular weight is 1570 g/mol. The summed E-state index contributed by atoms with van der Waals surface area (Å²) in [4.78, 5) is 76.5. The highest BCUT2D eigenvalue weighted by Gasteiger charge is 2.61. The van der Waals surface area contributed by atoms with E-state index in [9.17, 15) is 47.9 Å². The van der Waals surface area contributed by atoms with Gasteiger partial charge in [-0.1, -0.05) is 57.2 Å². The summed E-state index contributed by atoms with van der Waals surface area (Å²) in [6, 6.07) is 25.8. The van der Waals surface area contributed by atoms with Crippen molar-refractivity contribution in [1.29, 1.82) is 0 Å². The summed E-state index contributed by atoms with van der Waals surface area (Å²) in [5.41, 5.74) is -0.642. The topological polar surface area (TPSA) is 229 Å². The highest BCUT2D eigenvalue weighted by atomic mass is 32.2. The van der Waals surface area contributed by atoms with Crippen LogP contribution in [0.25, 0.3) is 0 Å². The number of esters is 6. The summed E-state index contributed by atoms with van der Waals surface area (Å²) < 4.78 is 69.2. The fraction of sp³-hybridized carbons (Fsp3) is 0.730. The molecule has 608 valence electrons. The van der Waals surface area contributed by atoms with Gasteiger partial charge in [-0.15, -0.1) is 0 Å². The van der Waals surface area contributed by atoms with Gasteiger partial charge in [0.05, 0.1) is 44.8 Å². The molecule has 17 aliphatic rings. The number of carbonyl (C=O) groups is 6. The van der Waals surface area contributed by atoms with Crippen molar-refractivity contribution in [3.05, 3.63) is 83.9 Å². The number of aliphatic hydroxyl groups is 1. The minimum absolute atomic E-state index is 0.0185. The lowest BCUT2D eigenvalue weighted by atomic mass is 9.49. The summed E-state index contributed by atoms with van der Waals surface area (Å²) in [5, 5.41) is 19.5. The Morgan fingerprint density at radius 3 is 1.40 bits per heavy atom. The van der Waals surface area contributed by atoms with Crippen molar-refractivity contribution >= 4 is 58.8 Å². The van der Waals surface area contributed by atoms with Gasteiger partial charge in [-0.25, -0.2) is 9.59 Å². The van der Waals surface area contributed by atoms with Crippen molar-refractivity contribution in [1.82, 2.24) is 0 Å². The summed E-state index contributed by atoms with van der Waals surface area (Å²) >= 11 is -0.448. The third-order valence-electron chi connectivity index (χ3n) is 29.0. The lowest BCUT2D eigenvalue weighted by Gasteiger charge is -2.59. The molecule has 3 aromatic carbocycles. The molecule has 16 saturated carbocycles. The minimum atomic E-state index is -3.50. The fourth-order valence-electron chi connectivity index (χ4n) is 22.6. The monoisotopic (exact) mass is 1570 g/mol. The van der Waals surface area contributed by atoms with Gasteiger partial charge in [0.1, 0.15) is 35.1 Å². The first-order valence-electron chi connectivity index (χ1n) is 41.5. The van der Waals surface area contributed by atoms with Crippen LogP contribution in [-0.4, -0.2) is 95.0 Å². The van der Waals surface area contributed by atoms with E-state index in [1.807, 2.05) is 41.5 Å². The zero-order valence-electron chi connectivity index (χ0n) is 67.5. The van der Waals surface area contributed by atoms with E-state index >= 15 is 0 Å². The molecular formula is C89H124F2O17S2. The largest absolute Gasteiger partial charge is 0.691 e. The van der Waals surface area contributed by atoms with Gasteiger partial charge >= 0.3 is 41.1 Å². The SMILES string of the molecule is CCC(C)(C)C(=O)OC1(C)C2CC3CC(C2)CC1C3.CCC(C)(C)C(=O)OC1C2CC3CC1CC(O)(C3)C2.CCC(C)(C)C(=O)OC1CCOC1=O.Cc1cc([S+](c2ccccc2)c2ccccc2)cc(C)c1OCC(=O)OC1(C)C2CC3CC(C2)CC1C3.O=C(OCC(F)(F)SOO[O-])C12CC3CC(CC(C3)C1)C2. The molecule has 17 nitrogen and oxygen atoms in total. The van der Waals surface area contributed by atoms with Crippen LogP contribution in [0.1, 0.15) is 248 Å². The maximum absolute atomic E-state index is 13.3. The number of aryl methyl sites for hydroxylation is 2. The number of rotatable bonds is 22. The third-order valence-corrected chi connectivity index (χ3v) is 31.7. The predicted molar refractivity (Wildman–Crippen MR) is 412 cm³/mol. The van der Waals surface area contributed by atoms with E-state index in [1.54, 1.807) is 13.8 Å². The van der Waals surface area contributed by atoms with Gasteiger partial charge in [0, 0.05) is 18.6 Å². The molecule has 1 N–H and O–H groups in total. The van der Waals surface area contributed by atoms with Gasteiger partial charge < -0.3 is 43.5 Å². The van der Waals surface area contributed by atoms with Crippen molar-refractivity contribution in [2.24, 2.45) is 105 Å². The maximum atomic E-state index is 13.3. The summed E-state index contributed by atoms with van der Waals surface area (Å²) in [6.07, 6.45) is 25.8. The standard InChI is InChI=1S/C33H37O3S.C17H28O2.C16H26O3.C13H18F2O5S.C10H16O4/c1-22-14-30(37(28-10-6-4-7-11-28)29-12-8-5-9-13-29)15-23(2)32(22)35-21-31(34)36-33(3)26-17-24-16-25(19-26)20-27(33)18-24;1-5-16(2,3)15(18)19-17(4)13-7-11-6-12(9-13)10-14(17)8-11;1-4-15(2,3)14(17)19-13-11-5-10-6-12(13)9-16(18,7-10)8-11;14-13(15,21-20-19-17)7-18-11(16)12-4-8-1-9(5-12)3-10(2-8)6-12;1-4-10(2,3)9(12)14-7-5-6-13-8(7)11/h4-15,24-27H,16-21H2,1-3H3;11-14H,5-10H2,1-4H3;10-13,18H,4-9H2,1-3H3;8-10,17H,1-7H2;7H,4-6H2,1-3H3/q+1;;;;/p-1. The third kappa shape index (κ3) is 18.8. The Bertz CT molecular complexity index is 3560. The predicted octanol–water partition coefficient (Wildman–Crippen LogP) is 18.1. The van der Waals surface area contributed by atoms with Crippen molar-refractivity contribution in [3.63, 3.8) is 0 Å². The molecule has 0 aromatic heterocycles. The highest BCUT2D eigenvalue weighted by molar-refractivity contribution is 7.97. The summed E-state index contributed by atoms with van der Waals surface area (Å²) in [7, 11) is -0.216. The number of hydrogen-bond acceptors (Lipinski definition) is 18. The van der Waals surface area contributed by atoms with Crippen LogP contribution in [0.5, 0.6) is 5.75 Å². The molecule has 1 aliphatic heterocycles. The molecule has 17 fully saturated rings. The van der Waals surface area contributed by atoms with Gasteiger partial charge in [0.15, 0.2) is 27.9 Å². The van der Waals surface area contributed by atoms with Crippen LogP contribution in [0, 0.1) is 118 Å². The quantitative estimate of drug-likeness (QED) is 0.0246. The van der Waals surface area contributed by atoms with Crippen LogP contribution in [0.3, 0.4) is 0 Å². The molecule has 21 heteroatoms. The molecule has 0 radical (unpaired) electrons. The van der Waals surface area contributed by atoms with Gasteiger partial charge in [0.2, 0.25) is 6.10 Å². The van der Waals surface area contributed by atoms with Gasteiger partial charge in [-0.3, -0.25) is 24.2 Å². The Kier molecular flexibility index (Phi) is 25.9. The number of halogens is 2. The average Bonchev–Trinajstić information content (AvgIpc) is 0.758. The Hall–Kier alpha value is -5.32. The molecule has 16 aliphatic carbocycles. The summed E-state index contributed by atoms with van der Waals surface area (Å²) in [6.45, 7) is 25.3. The lowest BCUT2D eigenvalue weighted by molar-refractivity contribution is -0.777. The first-order chi connectivity index (χ1) is 52.0. The van der Waals surface area contributed by atoms with Crippen LogP contribution in [-0.2, 0) is 77.5 Å². The second kappa shape index (κ2) is 33.9. The van der Waals surface area contributed by atoms with Gasteiger partial charge in [-0.05, 0) is 342 Å². The molecule has 20 rings (SSSR count). The van der Waals surface area contributed by atoms with Crippen molar-refractivity contribution in [2.45, 2.75) is 299 Å². The number of alkyl halides is 2. The number of ether oxygens (including phenoxy) is 7. The number of cyclic esters (lactones) is 1. The van der Waals surface area contributed by atoms with Gasteiger partial charge in [0.25, 0.3) is 0 Å². The molecule has 110 heavy (non-hydrogen) atoms. The Morgan fingerprint density at radius 1 is 0.564 bits per heavy atom. The molecule has 3 aromatic rings. The van der Waals surface area contributed by atoms with Crippen LogP contribution >= 0.6 is 12.0 Å². The molecule has 1 saturated heterocycles. The second-order valence-electron chi connectivity index (χ2n) is 38.2. The Balaban J connectivity index is 0.000000134. The van der Waals surface area contributed by atoms with E-state index in [1.165, 1.54) is 78.9 Å². The normalized spacial score (nSPS) is 34.7. The summed E-state index contributed by atoms with van der Waals surface area (Å²) in [5.74, 6) is 8.16. The first-order valence-corrected chi connectivity index (χ1v) is 43.5. The first kappa shape index (κ1) is 84.1. The van der Waals surface area contributed by atoms with Crippen LogP contribution in [0.15, 0.2) is 87.5 Å². The highest BCUT2D eigenvalue weighted by Crippen LogP contribution is 2.63. The molecule has 1 heterocycles. The van der Waals surface area contributed by atoms with E-state index in [2.05, 4.69) is 117 Å². The van der Waals surface area contributed by atoms with E-state index in [-0.39, 0.29) is 69.5 Å². The molecule has 0 amide bonds. The van der Waals surface area contributed by atoms with Crippen LogP contribution in [0.4, 0.5) is 8.78 Å². The van der Waals surface area contributed by atoms with Crippen molar-refractivity contribution in [2.75, 3.05) is 19.8 Å². The Morgan fingerprint density at radius 2 is 0.982 bits per heavy atom. The van der Waals surface area contributed by atoms with E-state index in [4.69, 9.17) is 33.2 Å². The maximum Gasteiger partial charge on any atom is 0.354 e. The molecule has 16 bridgehead atoms. The molecule has 3 unspecified atom stereocenters. The van der Waals surface area contributed by atoms with Gasteiger partial charge in [-0.2, -0.15) is 13.1 Å². The smallest absolute Gasteiger partial charge is 0.354 e. The fourth-order valence-corrected chi connectivity index (χ4v) is 25.1. The number of carbonyl (C=O) groups excluding carboxylic acids is 6. The lowest BCUT2D eigenvalue weighted by Crippen LogP contribution is -2.58. The molecule has 0 spiro atoms. The zero-order valence-corrected chi connectivity index (χ0v) is 69.1. The number of hydrogen-bond donors (Lipinski definition) is 1. The van der Waals surface area contributed by atoms with E-state index < -0.39 is 58.4 Å². The number of benzene rings is 3. The second-order valence-corrected chi connectivity index (χ2v) is 41.1. The van der Waals surface area contributed by atoms with Crippen LogP contribution in [0.2, 0.25) is 0 Å².